The monoisotopic (exact) mass is 463 g/mol. The van der Waals surface area contributed by atoms with Crippen LogP contribution in [0.3, 0.4) is 0 Å². The van der Waals surface area contributed by atoms with Gasteiger partial charge in [0.15, 0.2) is 5.75 Å². The van der Waals surface area contributed by atoms with Gasteiger partial charge in [0.05, 0.1) is 24.1 Å². The van der Waals surface area contributed by atoms with Crippen LogP contribution in [0.5, 0.6) is 5.75 Å². The van der Waals surface area contributed by atoms with E-state index >= 15 is 0 Å². The minimum Gasteiger partial charge on any atom is -0.404 e. The number of hydrogen-bond acceptors (Lipinski definition) is 7. The Bertz CT molecular complexity index is 1430. The first-order valence-electron chi connectivity index (χ1n) is 10.8. The van der Waals surface area contributed by atoms with Gasteiger partial charge in [-0.3, -0.25) is 15.1 Å². The van der Waals surface area contributed by atoms with Gasteiger partial charge in [-0.15, -0.1) is 0 Å². The zero-order valence-corrected chi connectivity index (χ0v) is 18.6. The van der Waals surface area contributed by atoms with Gasteiger partial charge in [0, 0.05) is 37.2 Å². The first kappa shape index (κ1) is 21.6. The molecule has 0 aliphatic carbocycles. The summed E-state index contributed by atoms with van der Waals surface area (Å²) >= 11 is 0. The zero-order chi connectivity index (χ0) is 23.8. The summed E-state index contributed by atoms with van der Waals surface area (Å²) in [5.41, 5.74) is 1.81. The number of pyridine rings is 2. The van der Waals surface area contributed by atoms with E-state index in [1.807, 2.05) is 11.8 Å². The Labute approximate surface area is 193 Å². The molecule has 0 saturated carbocycles. The molecule has 1 saturated heterocycles. The Morgan fingerprint density at radius 2 is 2.12 bits per heavy atom. The van der Waals surface area contributed by atoms with Crippen LogP contribution in [0.4, 0.5) is 20.7 Å². The third-order valence-electron chi connectivity index (χ3n) is 5.77. The highest BCUT2D eigenvalue weighted by Crippen LogP contribution is 2.34. The van der Waals surface area contributed by atoms with Crippen molar-refractivity contribution in [2.24, 2.45) is 7.05 Å². The van der Waals surface area contributed by atoms with Gasteiger partial charge >= 0.3 is 6.09 Å². The van der Waals surface area contributed by atoms with E-state index in [-0.39, 0.29) is 17.4 Å². The number of nitrogens with zero attached hydrogens (tertiary/aromatic N) is 6. The van der Waals surface area contributed by atoms with Crippen molar-refractivity contribution in [3.8, 4) is 5.75 Å². The number of fused-ring (bicyclic) bond motifs is 1. The normalized spacial score (nSPS) is 15.6. The highest BCUT2D eigenvalue weighted by atomic mass is 19.1. The molecule has 5 rings (SSSR count). The van der Waals surface area contributed by atoms with E-state index in [2.05, 4.69) is 20.4 Å². The van der Waals surface area contributed by atoms with Crippen LogP contribution >= 0.6 is 0 Å². The fourth-order valence-electron chi connectivity index (χ4n) is 4.15. The number of nitrogens with one attached hydrogen (secondary N) is 1. The molecule has 5 heterocycles. The molecule has 1 aliphatic rings. The highest BCUT2D eigenvalue weighted by Gasteiger charge is 2.30. The maximum absolute atomic E-state index is 14.0. The number of anilines is 2. The summed E-state index contributed by atoms with van der Waals surface area (Å²) in [6.07, 6.45) is 6.63. The second-order valence-corrected chi connectivity index (χ2v) is 8.15. The van der Waals surface area contributed by atoms with E-state index < -0.39 is 11.9 Å². The number of aromatic nitrogens is 5. The molecule has 1 atom stereocenters. The van der Waals surface area contributed by atoms with Crippen LogP contribution in [0.2, 0.25) is 0 Å². The van der Waals surface area contributed by atoms with Gasteiger partial charge in [-0.2, -0.15) is 5.10 Å². The van der Waals surface area contributed by atoms with Gasteiger partial charge < -0.3 is 14.2 Å². The topological polar surface area (TPSA) is 107 Å². The highest BCUT2D eigenvalue weighted by molar-refractivity contribution is 5.87. The van der Waals surface area contributed by atoms with Gasteiger partial charge in [0.25, 0.3) is 5.56 Å². The average Bonchev–Trinajstić information content (AvgIpc) is 3.45. The lowest BCUT2D eigenvalue weighted by atomic mass is 10.1. The molecule has 4 aromatic rings. The van der Waals surface area contributed by atoms with Gasteiger partial charge in [-0.25, -0.2) is 18.7 Å². The third-order valence-corrected chi connectivity index (χ3v) is 5.77. The lowest BCUT2D eigenvalue weighted by molar-refractivity contribution is 0.215. The SMILES string of the molecule is Cc1ccc(NC(=O)Oc2cnn3ccc(N4CCC[C@@H]4c4cc(F)cn(C)c4=O)nc23)cn1. The molecule has 174 valence electrons. The predicted molar refractivity (Wildman–Crippen MR) is 123 cm³/mol. The summed E-state index contributed by atoms with van der Waals surface area (Å²) in [7, 11) is 1.53. The molecule has 34 heavy (non-hydrogen) atoms. The predicted octanol–water partition coefficient (Wildman–Crippen LogP) is 3.22. The van der Waals surface area contributed by atoms with Gasteiger partial charge in [0.2, 0.25) is 5.65 Å². The quantitative estimate of drug-likeness (QED) is 0.495. The second kappa shape index (κ2) is 8.58. The van der Waals surface area contributed by atoms with Crippen LogP contribution in [0.15, 0.2) is 53.8 Å². The maximum Gasteiger partial charge on any atom is 0.417 e. The Kier molecular flexibility index (Phi) is 5.44. The summed E-state index contributed by atoms with van der Waals surface area (Å²) < 4.78 is 22.2. The summed E-state index contributed by atoms with van der Waals surface area (Å²) in [4.78, 5) is 35.8. The van der Waals surface area contributed by atoms with Crippen LogP contribution in [-0.4, -0.2) is 36.8 Å². The number of rotatable bonds is 4. The molecule has 0 spiro atoms. The largest absolute Gasteiger partial charge is 0.417 e. The molecule has 1 amide bonds. The number of hydrogen-bond donors (Lipinski definition) is 1. The number of halogens is 1. The lowest BCUT2D eigenvalue weighted by Crippen LogP contribution is -2.31. The van der Waals surface area contributed by atoms with Crippen molar-refractivity contribution in [2.45, 2.75) is 25.8 Å². The van der Waals surface area contributed by atoms with Crippen molar-refractivity contribution in [1.82, 2.24) is 24.1 Å². The molecule has 0 aromatic carbocycles. The summed E-state index contributed by atoms with van der Waals surface area (Å²) in [5, 5.41) is 6.80. The molecular weight excluding hydrogens is 441 g/mol. The summed E-state index contributed by atoms with van der Waals surface area (Å²) in [6, 6.07) is 6.25. The Morgan fingerprint density at radius 3 is 2.91 bits per heavy atom. The standard InChI is InChI=1S/C23H22FN7O3/c1-14-5-6-16(11-25-14)27-23(33)34-19-12-26-31-9-7-20(28-21(19)31)30-8-3-4-18(30)17-10-15(24)13-29(2)22(17)32/h5-7,9-13,18H,3-4,8H2,1-2H3,(H,27,33)/t18-/m1/s1. The Morgan fingerprint density at radius 1 is 1.26 bits per heavy atom. The number of carbonyl (C=O) groups excluding carboxylic acids is 1. The van der Waals surface area contributed by atoms with Crippen LogP contribution in [0.25, 0.3) is 5.65 Å². The van der Waals surface area contributed by atoms with Crippen molar-refractivity contribution < 1.29 is 13.9 Å². The van der Waals surface area contributed by atoms with Crippen LogP contribution in [0, 0.1) is 12.7 Å². The molecule has 4 aromatic heterocycles. The van der Waals surface area contributed by atoms with Crippen LogP contribution < -0.4 is 20.5 Å². The minimum absolute atomic E-state index is 0.178. The van der Waals surface area contributed by atoms with Crippen molar-refractivity contribution in [3.63, 3.8) is 0 Å². The van der Waals surface area contributed by atoms with E-state index in [4.69, 9.17) is 4.74 Å². The van der Waals surface area contributed by atoms with Gasteiger partial charge in [0.1, 0.15) is 11.6 Å². The first-order valence-corrected chi connectivity index (χ1v) is 10.8. The Hall–Kier alpha value is -4.28. The lowest BCUT2D eigenvalue weighted by Gasteiger charge is -2.26. The molecule has 0 unspecified atom stereocenters. The van der Waals surface area contributed by atoms with E-state index in [1.54, 1.807) is 24.4 Å². The Balaban J connectivity index is 1.42. The van der Waals surface area contributed by atoms with Crippen molar-refractivity contribution >= 4 is 23.2 Å². The number of carbonyl (C=O) groups is 1. The molecule has 10 nitrogen and oxygen atoms in total. The molecule has 11 heteroatoms. The van der Waals surface area contributed by atoms with E-state index in [0.29, 0.717) is 35.7 Å². The smallest absolute Gasteiger partial charge is 0.404 e. The van der Waals surface area contributed by atoms with E-state index in [0.717, 1.165) is 12.1 Å². The molecule has 1 aliphatic heterocycles. The van der Waals surface area contributed by atoms with Gasteiger partial charge in [-0.05, 0) is 44.0 Å². The fourth-order valence-corrected chi connectivity index (χ4v) is 4.15. The molecular formula is C23H22FN7O3. The number of ether oxygens (including phenoxy) is 1. The zero-order valence-electron chi connectivity index (χ0n) is 18.6. The van der Waals surface area contributed by atoms with Crippen molar-refractivity contribution in [3.05, 3.63) is 76.5 Å². The average molecular weight is 463 g/mol. The molecule has 0 radical (unpaired) electrons. The molecule has 1 fully saturated rings. The number of amides is 1. The maximum atomic E-state index is 14.0. The van der Waals surface area contributed by atoms with Crippen LogP contribution in [0.1, 0.15) is 30.1 Å². The molecule has 0 bridgehead atoms. The van der Waals surface area contributed by atoms with Crippen LogP contribution in [-0.2, 0) is 7.05 Å². The molecule has 1 N–H and O–H groups in total. The summed E-state index contributed by atoms with van der Waals surface area (Å²) in [5.74, 6) is 0.292. The van der Waals surface area contributed by atoms with Gasteiger partial charge in [-0.1, -0.05) is 0 Å². The number of aryl methyl sites for hydroxylation is 2. The minimum atomic E-state index is -0.699. The van der Waals surface area contributed by atoms with Crippen molar-refractivity contribution in [2.75, 3.05) is 16.8 Å². The second-order valence-electron chi connectivity index (χ2n) is 8.15. The van der Waals surface area contributed by atoms with E-state index in [9.17, 15) is 14.0 Å². The fraction of sp³-hybridized carbons (Fsp3) is 0.261. The first-order chi connectivity index (χ1) is 16.4. The van der Waals surface area contributed by atoms with E-state index in [1.165, 1.54) is 40.8 Å². The van der Waals surface area contributed by atoms with Crippen molar-refractivity contribution in [1.29, 1.82) is 0 Å². The summed E-state index contributed by atoms with van der Waals surface area (Å²) in [6.45, 7) is 2.50. The third kappa shape index (κ3) is 4.07.